The molecular weight excluding hydrogens is 407 g/mol. The second-order valence-electron chi connectivity index (χ2n) is 8.29. The van der Waals surface area contributed by atoms with Crippen molar-refractivity contribution >= 4 is 5.96 Å². The van der Waals surface area contributed by atoms with E-state index in [1.165, 1.54) is 18.4 Å². The van der Waals surface area contributed by atoms with E-state index in [4.69, 9.17) is 4.74 Å². The first-order valence-electron chi connectivity index (χ1n) is 11.5. The molecule has 0 saturated carbocycles. The number of hydrogen-bond acceptors (Lipinski definition) is 4. The summed E-state index contributed by atoms with van der Waals surface area (Å²) in [4.78, 5) is 6.80. The SMILES string of the molecule is CCc1nn(C)c(CC)c1CNC(=NC)NC1CCN(Cc2ccc(OC)c(F)c2)CC1. The molecule has 1 aliphatic rings. The normalized spacial score (nSPS) is 15.8. The van der Waals surface area contributed by atoms with Gasteiger partial charge in [-0.2, -0.15) is 5.10 Å². The molecule has 2 heterocycles. The van der Waals surface area contributed by atoms with Gasteiger partial charge >= 0.3 is 0 Å². The molecular formula is C24H37FN6O. The molecule has 0 amide bonds. The fraction of sp³-hybridized carbons (Fsp3) is 0.583. The zero-order chi connectivity index (χ0) is 23.1. The minimum atomic E-state index is -0.303. The van der Waals surface area contributed by atoms with Gasteiger partial charge in [-0.25, -0.2) is 4.39 Å². The van der Waals surface area contributed by atoms with Gasteiger partial charge in [0.05, 0.1) is 12.8 Å². The molecule has 3 rings (SSSR count). The summed E-state index contributed by atoms with van der Waals surface area (Å²) in [6.45, 7) is 7.71. The van der Waals surface area contributed by atoms with Gasteiger partial charge in [0.1, 0.15) is 0 Å². The van der Waals surface area contributed by atoms with Crippen molar-refractivity contribution in [3.63, 3.8) is 0 Å². The van der Waals surface area contributed by atoms with Crippen LogP contribution in [0.1, 0.15) is 49.2 Å². The van der Waals surface area contributed by atoms with Crippen LogP contribution >= 0.6 is 0 Å². The number of nitrogens with zero attached hydrogens (tertiary/aromatic N) is 4. The molecule has 1 saturated heterocycles. The average Bonchev–Trinajstić information content (AvgIpc) is 3.12. The van der Waals surface area contributed by atoms with Crippen molar-refractivity contribution in [2.24, 2.45) is 12.0 Å². The monoisotopic (exact) mass is 444 g/mol. The highest BCUT2D eigenvalue weighted by atomic mass is 19.1. The van der Waals surface area contributed by atoms with Crippen molar-refractivity contribution in [2.45, 2.75) is 58.7 Å². The molecule has 0 unspecified atom stereocenters. The summed E-state index contributed by atoms with van der Waals surface area (Å²) in [5.74, 6) is 0.815. The van der Waals surface area contributed by atoms with Crippen molar-refractivity contribution in [3.8, 4) is 5.75 Å². The van der Waals surface area contributed by atoms with E-state index in [9.17, 15) is 4.39 Å². The number of ether oxygens (including phenoxy) is 1. The highest BCUT2D eigenvalue weighted by Crippen LogP contribution is 2.20. The first-order chi connectivity index (χ1) is 15.5. The molecule has 8 heteroatoms. The van der Waals surface area contributed by atoms with E-state index in [-0.39, 0.29) is 5.82 Å². The molecule has 0 atom stereocenters. The maximum absolute atomic E-state index is 14.0. The van der Waals surface area contributed by atoms with Crippen LogP contribution in [0.2, 0.25) is 0 Å². The van der Waals surface area contributed by atoms with Gasteiger partial charge in [-0.05, 0) is 43.4 Å². The van der Waals surface area contributed by atoms with Gasteiger partial charge in [-0.1, -0.05) is 19.9 Å². The van der Waals surface area contributed by atoms with E-state index < -0.39 is 0 Å². The third-order valence-corrected chi connectivity index (χ3v) is 6.23. The maximum Gasteiger partial charge on any atom is 0.191 e. The Morgan fingerprint density at radius 1 is 1.25 bits per heavy atom. The van der Waals surface area contributed by atoms with Gasteiger partial charge < -0.3 is 15.4 Å². The summed E-state index contributed by atoms with van der Waals surface area (Å²) in [7, 11) is 5.32. The second kappa shape index (κ2) is 11.3. The molecule has 1 aliphatic heterocycles. The Morgan fingerprint density at radius 3 is 2.59 bits per heavy atom. The number of guanidine groups is 1. The number of hydrogen-bond donors (Lipinski definition) is 2. The molecule has 0 bridgehead atoms. The summed E-state index contributed by atoms with van der Waals surface area (Å²) < 4.78 is 21.0. The number of aryl methyl sites for hydroxylation is 2. The van der Waals surface area contributed by atoms with Crippen LogP contribution in [0.15, 0.2) is 23.2 Å². The number of aliphatic imine (C=N–C) groups is 1. The summed E-state index contributed by atoms with van der Waals surface area (Å²) in [6.07, 6.45) is 3.93. The highest BCUT2D eigenvalue weighted by molar-refractivity contribution is 5.80. The van der Waals surface area contributed by atoms with Gasteiger partial charge in [0.15, 0.2) is 17.5 Å². The average molecular weight is 445 g/mol. The van der Waals surface area contributed by atoms with Crippen LogP contribution in [0.4, 0.5) is 4.39 Å². The summed E-state index contributed by atoms with van der Waals surface area (Å²) in [6, 6.07) is 5.58. The molecule has 32 heavy (non-hydrogen) atoms. The quantitative estimate of drug-likeness (QED) is 0.484. The molecule has 0 spiro atoms. The van der Waals surface area contributed by atoms with Crippen molar-refractivity contribution in [3.05, 3.63) is 46.5 Å². The Hall–Kier alpha value is -2.61. The lowest BCUT2D eigenvalue weighted by atomic mass is 10.0. The number of rotatable bonds is 8. The number of piperidine rings is 1. The third kappa shape index (κ3) is 5.79. The van der Waals surface area contributed by atoms with E-state index in [1.54, 1.807) is 12.1 Å². The number of halogens is 1. The summed E-state index contributed by atoms with van der Waals surface area (Å²) in [5.41, 5.74) is 4.67. The molecule has 1 fully saturated rings. The van der Waals surface area contributed by atoms with Crippen LogP contribution in [0.25, 0.3) is 0 Å². The van der Waals surface area contributed by atoms with Gasteiger partial charge in [-0.15, -0.1) is 0 Å². The molecule has 176 valence electrons. The van der Waals surface area contributed by atoms with Crippen molar-refractivity contribution in [2.75, 3.05) is 27.2 Å². The fourth-order valence-corrected chi connectivity index (χ4v) is 4.46. The molecule has 7 nitrogen and oxygen atoms in total. The number of nitrogens with one attached hydrogen (secondary N) is 2. The smallest absolute Gasteiger partial charge is 0.191 e. The summed E-state index contributed by atoms with van der Waals surface area (Å²) >= 11 is 0. The first kappa shape index (κ1) is 24.0. The van der Waals surface area contributed by atoms with Crippen LogP contribution in [0.5, 0.6) is 5.75 Å². The van der Waals surface area contributed by atoms with Gasteiger partial charge in [0.2, 0.25) is 0 Å². The number of methoxy groups -OCH3 is 1. The lowest BCUT2D eigenvalue weighted by Crippen LogP contribution is -2.48. The van der Waals surface area contributed by atoms with Crippen LogP contribution in [-0.2, 0) is 33.0 Å². The van der Waals surface area contributed by atoms with Gasteiger partial charge in [0.25, 0.3) is 0 Å². The Labute approximate surface area is 191 Å². The number of aromatic nitrogens is 2. The minimum absolute atomic E-state index is 0.291. The first-order valence-corrected chi connectivity index (χ1v) is 11.5. The molecule has 0 aliphatic carbocycles. The topological polar surface area (TPSA) is 66.7 Å². The lowest BCUT2D eigenvalue weighted by molar-refractivity contribution is 0.198. The van der Waals surface area contributed by atoms with E-state index in [2.05, 4.69) is 39.5 Å². The molecule has 1 aromatic heterocycles. The van der Waals surface area contributed by atoms with Crippen LogP contribution in [0.3, 0.4) is 0 Å². The Morgan fingerprint density at radius 2 is 2.00 bits per heavy atom. The fourth-order valence-electron chi connectivity index (χ4n) is 4.46. The zero-order valence-electron chi connectivity index (χ0n) is 20.0. The minimum Gasteiger partial charge on any atom is -0.494 e. The predicted molar refractivity (Wildman–Crippen MR) is 127 cm³/mol. The van der Waals surface area contributed by atoms with Gasteiger partial charge in [0, 0.05) is 57.6 Å². The zero-order valence-corrected chi connectivity index (χ0v) is 20.0. The van der Waals surface area contributed by atoms with Crippen molar-refractivity contribution in [1.29, 1.82) is 0 Å². The number of benzene rings is 1. The van der Waals surface area contributed by atoms with Crippen molar-refractivity contribution in [1.82, 2.24) is 25.3 Å². The molecule has 1 aromatic carbocycles. The van der Waals surface area contributed by atoms with Crippen LogP contribution in [0, 0.1) is 5.82 Å². The standard InChI is InChI=1S/C24H37FN6O/c1-6-21-19(22(7-2)30(4)29-21)15-27-24(26-3)28-18-10-12-31(13-11-18)16-17-8-9-23(32-5)20(25)14-17/h8-9,14,18H,6-7,10-13,15-16H2,1-5H3,(H2,26,27,28). The van der Waals surface area contributed by atoms with Crippen molar-refractivity contribution < 1.29 is 9.13 Å². The van der Waals surface area contributed by atoms with Crippen LogP contribution in [-0.4, -0.2) is 53.9 Å². The van der Waals surface area contributed by atoms with Crippen LogP contribution < -0.4 is 15.4 Å². The van der Waals surface area contributed by atoms with E-state index >= 15 is 0 Å². The van der Waals surface area contributed by atoms with E-state index in [1.807, 2.05) is 24.8 Å². The van der Waals surface area contributed by atoms with E-state index in [0.29, 0.717) is 11.8 Å². The number of likely N-dealkylation sites (tertiary alicyclic amines) is 1. The lowest BCUT2D eigenvalue weighted by Gasteiger charge is -2.33. The Balaban J connectivity index is 1.49. The largest absolute Gasteiger partial charge is 0.494 e. The predicted octanol–water partition coefficient (Wildman–Crippen LogP) is 3.02. The van der Waals surface area contributed by atoms with E-state index in [0.717, 1.165) is 69.1 Å². The third-order valence-electron chi connectivity index (χ3n) is 6.23. The maximum atomic E-state index is 14.0. The summed E-state index contributed by atoms with van der Waals surface area (Å²) in [5, 5.41) is 11.7. The Kier molecular flexibility index (Phi) is 8.50. The molecule has 0 radical (unpaired) electrons. The Bertz CT molecular complexity index is 917. The highest BCUT2D eigenvalue weighted by Gasteiger charge is 2.21. The second-order valence-corrected chi connectivity index (χ2v) is 8.29. The van der Waals surface area contributed by atoms with Gasteiger partial charge in [-0.3, -0.25) is 14.6 Å². The molecule has 2 aromatic rings. The molecule has 2 N–H and O–H groups in total.